The summed E-state index contributed by atoms with van der Waals surface area (Å²) >= 11 is 0. The third-order valence-corrected chi connectivity index (χ3v) is 14.2. The fourth-order valence-corrected chi connectivity index (χ4v) is 9.51. The van der Waals surface area contributed by atoms with Gasteiger partial charge in [-0.1, -0.05) is 269 Å². The van der Waals surface area contributed by atoms with E-state index in [-0.39, 0.29) is 18.5 Å². The van der Waals surface area contributed by atoms with Crippen LogP contribution in [0.3, 0.4) is 0 Å². The van der Waals surface area contributed by atoms with E-state index in [0.717, 1.165) is 44.9 Å². The van der Waals surface area contributed by atoms with Gasteiger partial charge in [-0.15, -0.1) is 0 Å². The van der Waals surface area contributed by atoms with Gasteiger partial charge in [0.25, 0.3) is 0 Å². The Kier molecular flexibility index (Phi) is 56.5. The second-order valence-corrected chi connectivity index (χ2v) is 21.0. The maximum atomic E-state index is 12.4. The minimum absolute atomic E-state index is 0.00728. The SMILES string of the molecule is CCCCCCCCC/C=C\CCCCCCCCCC(=O)OCCCCCCCCCCCCC/C=C\CCCCCCCCCC(=O)NC(CO)C(O)CCCCCCCCCCCCC. The van der Waals surface area contributed by atoms with Crippen molar-refractivity contribution in [3.05, 3.63) is 24.3 Å². The van der Waals surface area contributed by atoms with Crippen molar-refractivity contribution in [2.45, 2.75) is 347 Å². The molecule has 0 aliphatic heterocycles. The van der Waals surface area contributed by atoms with Crippen LogP contribution in [0.1, 0.15) is 335 Å². The largest absolute Gasteiger partial charge is 0.466 e. The van der Waals surface area contributed by atoms with Gasteiger partial charge in [-0.05, 0) is 77.0 Å². The molecule has 0 spiro atoms. The molecule has 1 amide bonds. The molecule has 6 heteroatoms. The van der Waals surface area contributed by atoms with Gasteiger partial charge in [0.2, 0.25) is 5.91 Å². The number of aliphatic hydroxyl groups excluding tert-OH is 2. The van der Waals surface area contributed by atoms with Gasteiger partial charge in [-0.3, -0.25) is 9.59 Å². The summed E-state index contributed by atoms with van der Waals surface area (Å²) in [5.74, 6) is -0.0350. The van der Waals surface area contributed by atoms with Crippen LogP contribution in [0.15, 0.2) is 24.3 Å². The third-order valence-electron chi connectivity index (χ3n) is 14.2. The number of rotatable bonds is 57. The summed E-state index contributed by atoms with van der Waals surface area (Å²) in [4.78, 5) is 24.5. The molecule has 0 fully saturated rings. The van der Waals surface area contributed by atoms with Crippen LogP contribution < -0.4 is 5.32 Å². The maximum Gasteiger partial charge on any atom is 0.305 e. The van der Waals surface area contributed by atoms with Crippen LogP contribution in [0.25, 0.3) is 0 Å². The molecular formula is C62H119NO5. The Labute approximate surface area is 424 Å². The van der Waals surface area contributed by atoms with E-state index < -0.39 is 12.1 Å². The molecule has 0 aliphatic rings. The number of carbonyl (C=O) groups excluding carboxylic acids is 2. The lowest BCUT2D eigenvalue weighted by molar-refractivity contribution is -0.143. The molecule has 0 saturated carbocycles. The van der Waals surface area contributed by atoms with Crippen molar-refractivity contribution in [1.82, 2.24) is 5.32 Å². The highest BCUT2D eigenvalue weighted by molar-refractivity contribution is 5.76. The molecule has 0 rings (SSSR count). The van der Waals surface area contributed by atoms with E-state index in [4.69, 9.17) is 4.74 Å². The van der Waals surface area contributed by atoms with Crippen molar-refractivity contribution in [1.29, 1.82) is 0 Å². The van der Waals surface area contributed by atoms with E-state index in [2.05, 4.69) is 43.5 Å². The highest BCUT2D eigenvalue weighted by atomic mass is 16.5. The van der Waals surface area contributed by atoms with Gasteiger partial charge in [-0.25, -0.2) is 0 Å². The van der Waals surface area contributed by atoms with Gasteiger partial charge < -0.3 is 20.3 Å². The molecule has 0 aromatic carbocycles. The summed E-state index contributed by atoms with van der Waals surface area (Å²) < 4.78 is 5.49. The van der Waals surface area contributed by atoms with Crippen molar-refractivity contribution >= 4 is 11.9 Å². The van der Waals surface area contributed by atoms with E-state index in [1.807, 2.05) is 0 Å². The van der Waals surface area contributed by atoms with Crippen LogP contribution in [0.5, 0.6) is 0 Å². The third kappa shape index (κ3) is 53.7. The molecule has 0 aromatic rings. The topological polar surface area (TPSA) is 95.9 Å². The van der Waals surface area contributed by atoms with Crippen LogP contribution in [-0.2, 0) is 14.3 Å². The first kappa shape index (κ1) is 66.3. The Balaban J connectivity index is 3.38. The Morgan fingerprint density at radius 3 is 1.04 bits per heavy atom. The van der Waals surface area contributed by atoms with Crippen LogP contribution in [0.4, 0.5) is 0 Å². The molecule has 2 atom stereocenters. The normalized spacial score (nSPS) is 12.7. The summed E-state index contributed by atoms with van der Waals surface area (Å²) in [6.07, 6.45) is 70.4. The molecule has 0 saturated heterocycles. The summed E-state index contributed by atoms with van der Waals surface area (Å²) in [5.41, 5.74) is 0. The van der Waals surface area contributed by atoms with Gasteiger partial charge in [-0.2, -0.15) is 0 Å². The number of hydrogen-bond acceptors (Lipinski definition) is 5. The molecule has 68 heavy (non-hydrogen) atoms. The first-order valence-corrected chi connectivity index (χ1v) is 30.6. The Hall–Kier alpha value is -1.66. The Morgan fingerprint density at radius 1 is 0.397 bits per heavy atom. The molecule has 0 radical (unpaired) electrons. The first-order valence-electron chi connectivity index (χ1n) is 30.6. The van der Waals surface area contributed by atoms with Gasteiger partial charge in [0.05, 0.1) is 25.4 Å². The zero-order valence-corrected chi connectivity index (χ0v) is 45.9. The van der Waals surface area contributed by atoms with E-state index in [9.17, 15) is 19.8 Å². The summed E-state index contributed by atoms with van der Waals surface area (Å²) in [5, 5.41) is 23.2. The quantitative estimate of drug-likeness (QED) is 0.0321. The van der Waals surface area contributed by atoms with Crippen molar-refractivity contribution < 1.29 is 24.5 Å². The fraction of sp³-hybridized carbons (Fsp3) is 0.903. The summed E-state index contributed by atoms with van der Waals surface area (Å²) in [7, 11) is 0. The number of hydrogen-bond donors (Lipinski definition) is 3. The number of ether oxygens (including phenoxy) is 1. The van der Waals surface area contributed by atoms with Gasteiger partial charge in [0, 0.05) is 12.8 Å². The molecule has 0 aromatic heterocycles. The van der Waals surface area contributed by atoms with Crippen molar-refractivity contribution in [3.63, 3.8) is 0 Å². The molecule has 0 heterocycles. The van der Waals surface area contributed by atoms with Crippen LogP contribution >= 0.6 is 0 Å². The lowest BCUT2D eigenvalue weighted by atomic mass is 10.0. The van der Waals surface area contributed by atoms with E-state index in [1.165, 1.54) is 257 Å². The van der Waals surface area contributed by atoms with Crippen LogP contribution in [0.2, 0.25) is 0 Å². The highest BCUT2D eigenvalue weighted by Crippen LogP contribution is 2.17. The van der Waals surface area contributed by atoms with Crippen LogP contribution in [-0.4, -0.2) is 47.4 Å². The lowest BCUT2D eigenvalue weighted by Gasteiger charge is -2.22. The number of allylic oxidation sites excluding steroid dienone is 4. The predicted octanol–water partition coefficient (Wildman–Crippen LogP) is 19.0. The molecule has 2 unspecified atom stereocenters. The van der Waals surface area contributed by atoms with E-state index in [0.29, 0.717) is 25.9 Å². The number of unbranched alkanes of at least 4 members (excludes halogenated alkanes) is 42. The molecule has 6 nitrogen and oxygen atoms in total. The van der Waals surface area contributed by atoms with Gasteiger partial charge in [0.15, 0.2) is 0 Å². The van der Waals surface area contributed by atoms with Crippen molar-refractivity contribution in [3.8, 4) is 0 Å². The lowest BCUT2D eigenvalue weighted by Crippen LogP contribution is -2.45. The standard InChI is InChI=1S/C62H119NO5/c1-3-5-7-9-11-13-15-16-17-18-26-29-32-36-40-44-48-52-56-62(67)68-57-53-49-45-41-37-33-30-27-24-22-20-19-21-23-25-28-31-35-39-43-47-51-55-61(66)63-59(58-64)60(65)54-50-46-42-38-34-14-12-10-8-6-4-2/h17-18,21,23,59-60,64-65H,3-16,19-20,22,24-58H2,1-2H3,(H,63,66)/b18-17-,23-21-. The second kappa shape index (κ2) is 57.9. The van der Waals surface area contributed by atoms with Gasteiger partial charge >= 0.3 is 5.97 Å². The molecule has 0 bridgehead atoms. The summed E-state index contributed by atoms with van der Waals surface area (Å²) in [6, 6.07) is -0.545. The first-order chi connectivity index (χ1) is 33.5. The average Bonchev–Trinajstić information content (AvgIpc) is 3.34. The zero-order valence-electron chi connectivity index (χ0n) is 45.9. The van der Waals surface area contributed by atoms with Crippen molar-refractivity contribution in [2.24, 2.45) is 0 Å². The highest BCUT2D eigenvalue weighted by Gasteiger charge is 2.20. The smallest absolute Gasteiger partial charge is 0.305 e. The van der Waals surface area contributed by atoms with Crippen LogP contribution in [0, 0.1) is 0 Å². The minimum atomic E-state index is -0.667. The van der Waals surface area contributed by atoms with E-state index >= 15 is 0 Å². The Morgan fingerprint density at radius 2 is 0.691 bits per heavy atom. The number of amides is 1. The minimum Gasteiger partial charge on any atom is -0.466 e. The number of aliphatic hydroxyl groups is 2. The van der Waals surface area contributed by atoms with E-state index in [1.54, 1.807) is 0 Å². The molecule has 3 N–H and O–H groups in total. The molecule has 0 aliphatic carbocycles. The summed E-state index contributed by atoms with van der Waals surface area (Å²) in [6.45, 7) is 4.95. The fourth-order valence-electron chi connectivity index (χ4n) is 9.51. The zero-order chi connectivity index (χ0) is 49.3. The van der Waals surface area contributed by atoms with Crippen molar-refractivity contribution in [2.75, 3.05) is 13.2 Å². The number of nitrogens with one attached hydrogen (secondary N) is 1. The average molecular weight is 959 g/mol. The number of esters is 1. The predicted molar refractivity (Wildman–Crippen MR) is 296 cm³/mol. The monoisotopic (exact) mass is 958 g/mol. The molecule has 402 valence electrons. The molecular weight excluding hydrogens is 839 g/mol. The number of carbonyl (C=O) groups is 2. The second-order valence-electron chi connectivity index (χ2n) is 21.0. The maximum absolute atomic E-state index is 12.4. The Bertz CT molecular complexity index is 1060. The van der Waals surface area contributed by atoms with Gasteiger partial charge in [0.1, 0.15) is 0 Å².